The highest BCUT2D eigenvalue weighted by atomic mass is 35.5. The van der Waals surface area contributed by atoms with E-state index in [2.05, 4.69) is 30.9 Å². The Labute approximate surface area is 201 Å². The Bertz CT molecular complexity index is 1110. The molecule has 1 fully saturated rings. The number of piperidine rings is 1. The van der Waals surface area contributed by atoms with Crippen LogP contribution in [0.25, 0.3) is 0 Å². The van der Waals surface area contributed by atoms with Crippen LogP contribution in [0.2, 0.25) is 5.15 Å². The van der Waals surface area contributed by atoms with Crippen molar-refractivity contribution in [3.63, 3.8) is 0 Å². The van der Waals surface area contributed by atoms with Crippen LogP contribution in [0.15, 0.2) is 29.3 Å². The Morgan fingerprint density at radius 2 is 1.94 bits per heavy atom. The minimum atomic E-state index is -0.510. The molecule has 180 valence electrons. The Morgan fingerprint density at radius 3 is 2.62 bits per heavy atom. The van der Waals surface area contributed by atoms with Crippen LogP contribution in [0.1, 0.15) is 35.3 Å². The average molecular weight is 487 g/mol. The summed E-state index contributed by atoms with van der Waals surface area (Å²) in [7, 11) is 1.61. The molecule has 2 aliphatic rings. The van der Waals surface area contributed by atoms with Gasteiger partial charge in [0, 0.05) is 26.6 Å². The first kappa shape index (κ1) is 23.6. The molecule has 34 heavy (non-hydrogen) atoms. The molecule has 2 aromatic rings. The van der Waals surface area contributed by atoms with E-state index in [0.29, 0.717) is 38.4 Å². The Kier molecular flexibility index (Phi) is 6.73. The van der Waals surface area contributed by atoms with Gasteiger partial charge in [-0.1, -0.05) is 23.7 Å². The van der Waals surface area contributed by atoms with Crippen LogP contribution in [0, 0.1) is 0 Å². The molecule has 6 N–H and O–H groups in total. The number of guanidine groups is 1. The van der Waals surface area contributed by atoms with Gasteiger partial charge in [0.05, 0.1) is 12.1 Å². The summed E-state index contributed by atoms with van der Waals surface area (Å²) in [5.74, 6) is 0.409. The van der Waals surface area contributed by atoms with Crippen molar-refractivity contribution in [2.24, 2.45) is 4.99 Å². The quantitative estimate of drug-likeness (QED) is 0.421. The largest absolute Gasteiger partial charge is 0.508 e. The molecule has 11 nitrogen and oxygen atoms in total. The van der Waals surface area contributed by atoms with Crippen molar-refractivity contribution < 1.29 is 14.7 Å². The zero-order chi connectivity index (χ0) is 24.3. The van der Waals surface area contributed by atoms with Gasteiger partial charge >= 0.3 is 0 Å². The van der Waals surface area contributed by atoms with Gasteiger partial charge in [-0.05, 0) is 37.0 Å². The van der Waals surface area contributed by atoms with Crippen molar-refractivity contribution in [2.75, 3.05) is 37.7 Å². The number of anilines is 2. The summed E-state index contributed by atoms with van der Waals surface area (Å²) < 4.78 is 0. The van der Waals surface area contributed by atoms with E-state index in [-0.39, 0.29) is 39.7 Å². The number of phenolic OH excluding ortho intramolecular Hbond substituents is 1. The number of likely N-dealkylation sites (tertiary alicyclic amines) is 1. The van der Waals surface area contributed by atoms with E-state index < -0.39 is 5.91 Å². The van der Waals surface area contributed by atoms with E-state index >= 15 is 0 Å². The van der Waals surface area contributed by atoms with Crippen molar-refractivity contribution in [3.8, 4) is 5.75 Å². The fourth-order valence-electron chi connectivity index (χ4n) is 4.10. The topological polar surface area (TPSA) is 158 Å². The molecule has 1 aromatic heterocycles. The molecule has 1 spiro atoms. The number of carbonyl (C=O) groups excluding carboxylic acids is 2. The van der Waals surface area contributed by atoms with Crippen LogP contribution in [-0.4, -0.2) is 70.0 Å². The number of halogens is 1. The fourth-order valence-corrected chi connectivity index (χ4v) is 4.22. The fraction of sp³-hybridized carbons (Fsp3) is 0.409. The Morgan fingerprint density at radius 1 is 1.24 bits per heavy atom. The summed E-state index contributed by atoms with van der Waals surface area (Å²) in [6.07, 6.45) is 2.49. The van der Waals surface area contributed by atoms with Crippen LogP contribution in [0.3, 0.4) is 0 Å². The number of rotatable bonds is 5. The lowest BCUT2D eigenvalue weighted by atomic mass is 9.88. The molecule has 0 atom stereocenters. The maximum atomic E-state index is 12.7. The van der Waals surface area contributed by atoms with Crippen LogP contribution >= 0.6 is 11.6 Å². The third-order valence-corrected chi connectivity index (χ3v) is 6.40. The molecule has 0 saturated carbocycles. The number of phenols is 1. The molecular weight excluding hydrogens is 460 g/mol. The van der Waals surface area contributed by atoms with Crippen LogP contribution in [0.5, 0.6) is 5.75 Å². The Hall–Kier alpha value is -3.60. The summed E-state index contributed by atoms with van der Waals surface area (Å²) in [5.41, 5.74) is 6.39. The van der Waals surface area contributed by atoms with Gasteiger partial charge in [-0.2, -0.15) is 0 Å². The number of amides is 2. The van der Waals surface area contributed by atoms with E-state index in [1.165, 1.54) is 0 Å². The molecule has 2 aliphatic heterocycles. The van der Waals surface area contributed by atoms with Crippen molar-refractivity contribution in [2.45, 2.75) is 31.2 Å². The minimum Gasteiger partial charge on any atom is -0.508 e. The molecule has 3 heterocycles. The van der Waals surface area contributed by atoms with Gasteiger partial charge in [0.25, 0.3) is 5.91 Å². The van der Waals surface area contributed by atoms with E-state index in [4.69, 9.17) is 17.3 Å². The molecule has 12 heteroatoms. The number of hydrogen-bond donors (Lipinski definition) is 5. The molecule has 0 unspecified atom stereocenters. The summed E-state index contributed by atoms with van der Waals surface area (Å²) >= 11 is 5.93. The van der Waals surface area contributed by atoms with Crippen molar-refractivity contribution in [1.29, 1.82) is 0 Å². The number of nitrogens with zero attached hydrogens (tertiary/aromatic N) is 4. The van der Waals surface area contributed by atoms with Crippen molar-refractivity contribution in [3.05, 3.63) is 40.7 Å². The number of nitrogens with two attached hydrogens (primary N) is 1. The number of aliphatic imine (C=N–C) groups is 1. The third kappa shape index (κ3) is 5.14. The van der Waals surface area contributed by atoms with Gasteiger partial charge in [0.15, 0.2) is 28.4 Å². The maximum absolute atomic E-state index is 12.7. The lowest BCUT2D eigenvalue weighted by Crippen LogP contribution is -2.57. The highest BCUT2D eigenvalue weighted by molar-refractivity contribution is 6.31. The normalized spacial score (nSPS) is 16.6. The van der Waals surface area contributed by atoms with Gasteiger partial charge in [0.2, 0.25) is 5.91 Å². The Balaban J connectivity index is 1.28. The number of aromatic hydroxyl groups is 1. The number of aryl methyl sites for hydroxylation is 1. The van der Waals surface area contributed by atoms with Gasteiger partial charge < -0.3 is 26.4 Å². The molecule has 1 saturated heterocycles. The first-order valence-electron chi connectivity index (χ1n) is 11.0. The predicted octanol–water partition coefficient (Wildman–Crippen LogP) is 1.14. The van der Waals surface area contributed by atoms with Crippen LogP contribution < -0.4 is 21.7 Å². The van der Waals surface area contributed by atoms with Crippen LogP contribution in [-0.2, 0) is 11.2 Å². The number of aromatic nitrogens is 2. The van der Waals surface area contributed by atoms with Crippen molar-refractivity contribution >= 4 is 41.0 Å². The molecule has 0 radical (unpaired) electrons. The molecule has 0 aliphatic carbocycles. The molecule has 2 amide bonds. The second kappa shape index (κ2) is 9.72. The maximum Gasteiger partial charge on any atom is 0.280 e. The van der Waals surface area contributed by atoms with E-state index in [1.54, 1.807) is 19.2 Å². The first-order valence-corrected chi connectivity index (χ1v) is 11.4. The van der Waals surface area contributed by atoms with Crippen molar-refractivity contribution in [1.82, 2.24) is 25.5 Å². The second-order valence-electron chi connectivity index (χ2n) is 8.42. The standard InChI is InChI=1S/C22H27ClN8O3/c1-25-19-16(27-17(23)18(24)28-19)20(34)29-21-26-12-22(30-21)8-10-31(11-9-22)15(33)7-4-13-2-5-14(32)6-3-13/h2-3,5-6,32H,4,7-12H2,1H3,(H3,24,25,28)(H2,26,29,30,34). The summed E-state index contributed by atoms with van der Waals surface area (Å²) in [6, 6.07) is 6.90. The monoisotopic (exact) mass is 486 g/mol. The SMILES string of the molecule is CNc1nc(N)c(Cl)nc1C(=O)NC1=NCC2(CCN(C(=O)CCc3ccc(O)cc3)CC2)N1. The van der Waals surface area contributed by atoms with Gasteiger partial charge in [-0.25, -0.2) is 9.97 Å². The van der Waals surface area contributed by atoms with Gasteiger partial charge in [-0.3, -0.25) is 19.9 Å². The highest BCUT2D eigenvalue weighted by Crippen LogP contribution is 2.26. The average Bonchev–Trinajstić information content (AvgIpc) is 3.21. The minimum absolute atomic E-state index is 0.0150. The van der Waals surface area contributed by atoms with E-state index in [9.17, 15) is 14.7 Å². The smallest absolute Gasteiger partial charge is 0.280 e. The number of benzene rings is 1. The molecular formula is C22H27ClN8O3. The lowest BCUT2D eigenvalue weighted by Gasteiger charge is -2.39. The third-order valence-electron chi connectivity index (χ3n) is 6.12. The van der Waals surface area contributed by atoms with Gasteiger partial charge in [-0.15, -0.1) is 0 Å². The zero-order valence-corrected chi connectivity index (χ0v) is 19.5. The first-order chi connectivity index (χ1) is 16.3. The summed E-state index contributed by atoms with van der Waals surface area (Å²) in [5, 5.41) is 18.2. The van der Waals surface area contributed by atoms with E-state index in [1.807, 2.05) is 17.0 Å². The molecule has 4 rings (SSSR count). The highest BCUT2D eigenvalue weighted by Gasteiger charge is 2.40. The summed E-state index contributed by atoms with van der Waals surface area (Å²) in [4.78, 5) is 39.8. The van der Waals surface area contributed by atoms with Crippen LogP contribution in [0.4, 0.5) is 11.6 Å². The second-order valence-corrected chi connectivity index (χ2v) is 8.78. The predicted molar refractivity (Wildman–Crippen MR) is 129 cm³/mol. The zero-order valence-electron chi connectivity index (χ0n) is 18.8. The van der Waals surface area contributed by atoms with Gasteiger partial charge in [0.1, 0.15) is 5.75 Å². The summed E-state index contributed by atoms with van der Waals surface area (Å²) in [6.45, 7) is 1.73. The molecule has 0 bridgehead atoms. The van der Waals surface area contributed by atoms with E-state index in [0.717, 1.165) is 18.4 Å². The number of nitrogen functional groups attached to an aromatic ring is 1. The lowest BCUT2D eigenvalue weighted by molar-refractivity contribution is -0.132. The number of hydrogen-bond acceptors (Lipinski definition) is 9. The number of nitrogens with one attached hydrogen (secondary N) is 3. The number of carbonyl (C=O) groups is 2. The molecule has 1 aromatic carbocycles.